The average Bonchev–Trinajstić information content (AvgIpc) is 2.79. The highest BCUT2D eigenvalue weighted by Gasteiger charge is 2.29. The predicted octanol–water partition coefficient (Wildman–Crippen LogP) is 6.28. The van der Waals surface area contributed by atoms with Gasteiger partial charge in [-0.2, -0.15) is 8.78 Å². The van der Waals surface area contributed by atoms with Gasteiger partial charge < -0.3 is 14.2 Å². The molecule has 164 valence electrons. The zero-order valence-corrected chi connectivity index (χ0v) is 17.3. The largest absolute Gasteiger partial charge is 0.488 e. The Morgan fingerprint density at radius 2 is 1.84 bits per heavy atom. The van der Waals surface area contributed by atoms with Crippen LogP contribution >= 0.6 is 0 Å². The van der Waals surface area contributed by atoms with E-state index in [1.54, 1.807) is 18.2 Å². The van der Waals surface area contributed by atoms with Crippen molar-refractivity contribution in [1.82, 2.24) is 0 Å². The third-order valence-corrected chi connectivity index (χ3v) is 5.82. The molecule has 2 aromatic rings. The van der Waals surface area contributed by atoms with E-state index in [1.165, 1.54) is 6.07 Å². The van der Waals surface area contributed by atoms with E-state index < -0.39 is 17.5 Å². The standard InChI is InChI=1S/C25H25F3O3/c1-3-5-6-16-11-18-12-17-8-10-20(30-14-19-9-7-15(4-2)13-29-19)22(27)24(17)31-25(18)23(28)21(16)26/h3-4,8,10-11,15,19H,1-2,5-7,9,12-14H2. The van der Waals surface area contributed by atoms with Crippen molar-refractivity contribution >= 4 is 0 Å². The van der Waals surface area contributed by atoms with Crippen LogP contribution in [0.2, 0.25) is 0 Å². The molecule has 0 saturated carbocycles. The van der Waals surface area contributed by atoms with Crippen molar-refractivity contribution in [2.45, 2.75) is 38.2 Å². The Bertz CT molecular complexity index is 994. The lowest BCUT2D eigenvalue weighted by atomic mass is 9.96. The smallest absolute Gasteiger partial charge is 0.207 e. The van der Waals surface area contributed by atoms with Crippen molar-refractivity contribution in [3.05, 3.63) is 77.7 Å². The molecule has 2 aliphatic rings. The summed E-state index contributed by atoms with van der Waals surface area (Å²) in [5, 5.41) is 0. The van der Waals surface area contributed by atoms with Crippen LogP contribution in [0.4, 0.5) is 13.2 Å². The van der Waals surface area contributed by atoms with Gasteiger partial charge in [0.05, 0.1) is 12.7 Å². The first kappa shape index (κ1) is 21.5. The first-order valence-electron chi connectivity index (χ1n) is 10.5. The van der Waals surface area contributed by atoms with Crippen molar-refractivity contribution in [2.24, 2.45) is 5.92 Å². The molecule has 0 radical (unpaired) electrons. The van der Waals surface area contributed by atoms with E-state index in [4.69, 9.17) is 14.2 Å². The fourth-order valence-electron chi connectivity index (χ4n) is 3.97. The number of allylic oxidation sites excluding steroid dienone is 1. The Morgan fingerprint density at radius 1 is 1.03 bits per heavy atom. The molecule has 1 saturated heterocycles. The number of halogens is 3. The molecular weight excluding hydrogens is 405 g/mol. The van der Waals surface area contributed by atoms with Gasteiger partial charge in [0.15, 0.2) is 23.1 Å². The van der Waals surface area contributed by atoms with Gasteiger partial charge in [0.1, 0.15) is 6.61 Å². The molecule has 0 bridgehead atoms. The van der Waals surface area contributed by atoms with E-state index in [-0.39, 0.29) is 41.9 Å². The maximum Gasteiger partial charge on any atom is 0.207 e. The second kappa shape index (κ2) is 9.18. The minimum Gasteiger partial charge on any atom is -0.488 e. The van der Waals surface area contributed by atoms with E-state index in [1.807, 2.05) is 6.08 Å². The summed E-state index contributed by atoms with van der Waals surface area (Å²) in [7, 11) is 0. The van der Waals surface area contributed by atoms with Gasteiger partial charge in [-0.25, -0.2) is 4.39 Å². The molecule has 0 spiro atoms. The van der Waals surface area contributed by atoms with Gasteiger partial charge in [0, 0.05) is 23.5 Å². The summed E-state index contributed by atoms with van der Waals surface area (Å²) >= 11 is 0. The van der Waals surface area contributed by atoms with E-state index in [9.17, 15) is 8.78 Å². The molecule has 6 heteroatoms. The van der Waals surface area contributed by atoms with Crippen LogP contribution in [-0.2, 0) is 17.6 Å². The monoisotopic (exact) mass is 430 g/mol. The van der Waals surface area contributed by atoms with Crippen LogP contribution in [0.15, 0.2) is 43.5 Å². The number of benzene rings is 2. The zero-order chi connectivity index (χ0) is 22.0. The molecule has 2 atom stereocenters. The molecule has 3 nitrogen and oxygen atoms in total. The molecular formula is C25H25F3O3. The third-order valence-electron chi connectivity index (χ3n) is 5.82. The predicted molar refractivity (Wildman–Crippen MR) is 112 cm³/mol. The van der Waals surface area contributed by atoms with Gasteiger partial charge in [-0.15, -0.1) is 13.2 Å². The van der Waals surface area contributed by atoms with E-state index >= 15 is 4.39 Å². The van der Waals surface area contributed by atoms with E-state index in [0.29, 0.717) is 36.5 Å². The van der Waals surface area contributed by atoms with Crippen LogP contribution in [0.1, 0.15) is 36.0 Å². The van der Waals surface area contributed by atoms with Gasteiger partial charge in [0.25, 0.3) is 0 Å². The fourth-order valence-corrected chi connectivity index (χ4v) is 3.97. The van der Waals surface area contributed by atoms with Crippen molar-refractivity contribution in [1.29, 1.82) is 0 Å². The Balaban J connectivity index is 1.51. The third kappa shape index (κ3) is 4.35. The van der Waals surface area contributed by atoms with Crippen LogP contribution in [0, 0.1) is 23.4 Å². The molecule has 2 heterocycles. The normalized spacial score (nSPS) is 19.7. The van der Waals surface area contributed by atoms with E-state index in [0.717, 1.165) is 12.8 Å². The van der Waals surface area contributed by atoms with Crippen LogP contribution in [0.3, 0.4) is 0 Å². The topological polar surface area (TPSA) is 27.7 Å². The quantitative estimate of drug-likeness (QED) is 0.413. The molecule has 4 rings (SSSR count). The van der Waals surface area contributed by atoms with Crippen LogP contribution in [0.5, 0.6) is 17.2 Å². The Hall–Kier alpha value is -2.73. The average molecular weight is 430 g/mol. The first-order valence-corrected chi connectivity index (χ1v) is 10.5. The molecule has 2 aromatic carbocycles. The molecule has 0 aromatic heterocycles. The highest BCUT2D eigenvalue weighted by atomic mass is 19.2. The Labute approximate surface area is 180 Å². The lowest BCUT2D eigenvalue weighted by molar-refractivity contribution is -0.0280. The molecule has 0 amide bonds. The fraction of sp³-hybridized carbons (Fsp3) is 0.360. The van der Waals surface area contributed by atoms with Crippen molar-refractivity contribution in [3.8, 4) is 17.2 Å². The van der Waals surface area contributed by atoms with Crippen LogP contribution < -0.4 is 9.47 Å². The minimum atomic E-state index is -1.10. The summed E-state index contributed by atoms with van der Waals surface area (Å²) in [5.74, 6) is -2.85. The van der Waals surface area contributed by atoms with Gasteiger partial charge in [0.2, 0.25) is 11.6 Å². The number of fused-ring (bicyclic) bond motifs is 2. The minimum absolute atomic E-state index is 0.000118. The summed E-state index contributed by atoms with van der Waals surface area (Å²) in [6.45, 7) is 8.15. The van der Waals surface area contributed by atoms with Crippen molar-refractivity contribution in [2.75, 3.05) is 13.2 Å². The van der Waals surface area contributed by atoms with Gasteiger partial charge in [-0.3, -0.25) is 0 Å². The molecule has 2 aliphatic heterocycles. The molecule has 31 heavy (non-hydrogen) atoms. The number of hydrogen-bond acceptors (Lipinski definition) is 3. The van der Waals surface area contributed by atoms with Crippen LogP contribution in [0.25, 0.3) is 0 Å². The number of ether oxygens (including phenoxy) is 3. The van der Waals surface area contributed by atoms with Crippen molar-refractivity contribution in [3.63, 3.8) is 0 Å². The summed E-state index contributed by atoms with van der Waals surface area (Å²) in [5.41, 5.74) is 1.31. The van der Waals surface area contributed by atoms with Gasteiger partial charge >= 0.3 is 0 Å². The maximum atomic E-state index is 15.1. The SMILES string of the molecule is C=CCCc1cc2c(c(F)c1F)Oc1c(ccc(OCC3CCC(C=C)CO3)c1F)C2. The molecule has 2 unspecified atom stereocenters. The molecule has 0 aliphatic carbocycles. The second-order valence-corrected chi connectivity index (χ2v) is 7.96. The lowest BCUT2D eigenvalue weighted by Gasteiger charge is -2.27. The van der Waals surface area contributed by atoms with Gasteiger partial charge in [-0.05, 0) is 43.4 Å². The lowest BCUT2D eigenvalue weighted by Crippen LogP contribution is -2.30. The summed E-state index contributed by atoms with van der Waals surface area (Å²) in [6, 6.07) is 4.81. The summed E-state index contributed by atoms with van der Waals surface area (Å²) in [6.07, 6.45) is 6.25. The highest BCUT2D eigenvalue weighted by molar-refractivity contribution is 5.54. The summed E-state index contributed by atoms with van der Waals surface area (Å²) in [4.78, 5) is 0. The van der Waals surface area contributed by atoms with Crippen LogP contribution in [-0.4, -0.2) is 19.3 Å². The summed E-state index contributed by atoms with van der Waals surface area (Å²) < 4.78 is 61.0. The highest BCUT2D eigenvalue weighted by Crippen LogP contribution is 2.43. The van der Waals surface area contributed by atoms with E-state index in [2.05, 4.69) is 13.2 Å². The van der Waals surface area contributed by atoms with Gasteiger partial charge in [-0.1, -0.05) is 18.2 Å². The first-order chi connectivity index (χ1) is 15.0. The molecule has 1 fully saturated rings. The maximum absolute atomic E-state index is 15.1. The second-order valence-electron chi connectivity index (χ2n) is 7.96. The number of aryl methyl sites for hydroxylation is 1. The molecule has 0 N–H and O–H groups in total. The Morgan fingerprint density at radius 3 is 2.55 bits per heavy atom. The number of hydrogen-bond donors (Lipinski definition) is 0. The van der Waals surface area contributed by atoms with Crippen molar-refractivity contribution < 1.29 is 27.4 Å². The Kier molecular flexibility index (Phi) is 6.37. The zero-order valence-electron chi connectivity index (χ0n) is 17.3. The number of rotatable bonds is 7.